The molecule has 0 aliphatic heterocycles. The van der Waals surface area contributed by atoms with E-state index in [0.717, 1.165) is 11.1 Å². The molecule has 0 heterocycles. The number of carbonyl (C=O) groups excluding carboxylic acids is 2. The molecule has 0 aliphatic carbocycles. The summed E-state index contributed by atoms with van der Waals surface area (Å²) >= 11 is 0. The van der Waals surface area contributed by atoms with Crippen molar-refractivity contribution in [1.82, 2.24) is 0 Å². The maximum Gasteiger partial charge on any atom is 0.162 e. The molecule has 0 aliphatic rings. The van der Waals surface area contributed by atoms with Crippen molar-refractivity contribution in [2.24, 2.45) is 0 Å². The Morgan fingerprint density at radius 1 is 0.636 bits per heavy atom. The minimum Gasteiger partial charge on any atom is -0.294 e. The molecule has 0 spiro atoms. The van der Waals surface area contributed by atoms with E-state index < -0.39 is 0 Å². The highest BCUT2D eigenvalue weighted by molar-refractivity contribution is 5.96. The van der Waals surface area contributed by atoms with Crippen molar-refractivity contribution in [2.75, 3.05) is 0 Å². The molecule has 0 amide bonds. The largest absolute Gasteiger partial charge is 0.294 e. The first-order valence-corrected chi connectivity index (χ1v) is 7.67. The van der Waals surface area contributed by atoms with Gasteiger partial charge in [-0.2, -0.15) is 0 Å². The molecule has 0 aromatic heterocycles. The van der Waals surface area contributed by atoms with E-state index in [1.165, 1.54) is 11.1 Å². The fraction of sp³-hybridized carbons (Fsp3) is 0.300. The van der Waals surface area contributed by atoms with Gasteiger partial charge in [0.05, 0.1) is 0 Å². The van der Waals surface area contributed by atoms with Crippen molar-refractivity contribution in [3.8, 4) is 0 Å². The second-order valence-corrected chi connectivity index (χ2v) is 5.29. The lowest BCUT2D eigenvalue weighted by atomic mass is 10.1. The van der Waals surface area contributed by atoms with Crippen LogP contribution in [0.5, 0.6) is 0 Å². The summed E-state index contributed by atoms with van der Waals surface area (Å²) in [6.45, 7) is 7.78. The smallest absolute Gasteiger partial charge is 0.162 e. The van der Waals surface area contributed by atoms with Gasteiger partial charge in [0.15, 0.2) is 11.6 Å². The predicted octanol–water partition coefficient (Wildman–Crippen LogP) is 5.18. The molecule has 2 nitrogen and oxygen atoms in total. The van der Waals surface area contributed by atoms with Crippen molar-refractivity contribution in [2.45, 2.75) is 40.5 Å². The quantitative estimate of drug-likeness (QED) is 0.729. The maximum atomic E-state index is 11.1. The molecule has 0 saturated heterocycles. The van der Waals surface area contributed by atoms with Crippen molar-refractivity contribution in [1.29, 1.82) is 0 Å². The van der Waals surface area contributed by atoms with Crippen LogP contribution < -0.4 is 0 Å². The van der Waals surface area contributed by atoms with Crippen LogP contribution in [0.3, 0.4) is 0 Å². The SMILES string of the molecule is CCC(=O)c1ccc(C)cc1.CCC(=O)c1ccc(C)cc1. The Morgan fingerprint density at radius 2 is 0.909 bits per heavy atom. The Labute approximate surface area is 133 Å². The lowest BCUT2D eigenvalue weighted by molar-refractivity contribution is 0.0980. The fourth-order valence-electron chi connectivity index (χ4n) is 1.89. The molecule has 2 aromatic rings. The van der Waals surface area contributed by atoms with Gasteiger partial charge in [-0.25, -0.2) is 0 Å². The highest BCUT2D eigenvalue weighted by atomic mass is 16.1. The topological polar surface area (TPSA) is 34.1 Å². The number of Topliss-reactive ketones (excluding diaryl/α,β-unsaturated/α-hetero) is 2. The number of carbonyl (C=O) groups is 2. The molecule has 0 bridgehead atoms. The molecule has 22 heavy (non-hydrogen) atoms. The van der Waals surface area contributed by atoms with E-state index in [9.17, 15) is 9.59 Å². The molecule has 0 atom stereocenters. The fourth-order valence-corrected chi connectivity index (χ4v) is 1.89. The molecule has 116 valence electrons. The van der Waals surface area contributed by atoms with Crippen molar-refractivity contribution in [3.63, 3.8) is 0 Å². The number of benzene rings is 2. The second kappa shape index (κ2) is 8.93. The first-order chi connectivity index (χ1) is 10.5. The van der Waals surface area contributed by atoms with Gasteiger partial charge in [-0.3, -0.25) is 9.59 Å². The number of ketones is 2. The molecule has 2 aromatic carbocycles. The summed E-state index contributed by atoms with van der Waals surface area (Å²) in [5.41, 5.74) is 4.02. The van der Waals surface area contributed by atoms with Gasteiger partial charge >= 0.3 is 0 Å². The van der Waals surface area contributed by atoms with E-state index >= 15 is 0 Å². The van der Waals surface area contributed by atoms with Crippen LogP contribution in [0.2, 0.25) is 0 Å². The van der Waals surface area contributed by atoms with E-state index in [4.69, 9.17) is 0 Å². The third-order valence-corrected chi connectivity index (χ3v) is 3.39. The highest BCUT2D eigenvalue weighted by Crippen LogP contribution is 2.06. The standard InChI is InChI=1S/2C10H12O/c2*1-3-10(11)9-6-4-8(2)5-7-9/h2*4-7H,3H2,1-2H3. The Balaban J connectivity index is 0.000000220. The van der Waals surface area contributed by atoms with Crippen LogP contribution in [0.4, 0.5) is 0 Å². The number of aryl methyl sites for hydroxylation is 2. The second-order valence-electron chi connectivity index (χ2n) is 5.29. The Hall–Kier alpha value is -2.22. The average Bonchev–Trinajstić information content (AvgIpc) is 2.55. The van der Waals surface area contributed by atoms with Crippen molar-refractivity contribution >= 4 is 11.6 Å². The zero-order valence-corrected chi connectivity index (χ0v) is 13.8. The Morgan fingerprint density at radius 3 is 1.14 bits per heavy atom. The van der Waals surface area contributed by atoms with Crippen molar-refractivity contribution in [3.05, 3.63) is 70.8 Å². The van der Waals surface area contributed by atoms with Gasteiger partial charge in [0.1, 0.15) is 0 Å². The summed E-state index contributed by atoms with van der Waals surface area (Å²) in [6.07, 6.45) is 1.17. The highest BCUT2D eigenvalue weighted by Gasteiger charge is 2.00. The van der Waals surface area contributed by atoms with Crippen LogP contribution in [0.15, 0.2) is 48.5 Å². The first-order valence-electron chi connectivity index (χ1n) is 7.67. The molecular weight excluding hydrogens is 272 g/mol. The van der Waals surface area contributed by atoms with Crippen LogP contribution in [0, 0.1) is 13.8 Å². The van der Waals surface area contributed by atoms with E-state index in [1.807, 2.05) is 76.2 Å². The van der Waals surface area contributed by atoms with Gasteiger partial charge in [0, 0.05) is 24.0 Å². The average molecular weight is 296 g/mol. The summed E-state index contributed by atoms with van der Waals surface area (Å²) in [7, 11) is 0. The molecule has 2 rings (SSSR count). The third kappa shape index (κ3) is 5.65. The van der Waals surface area contributed by atoms with E-state index in [0.29, 0.717) is 12.8 Å². The van der Waals surface area contributed by atoms with Gasteiger partial charge in [-0.05, 0) is 13.8 Å². The van der Waals surface area contributed by atoms with Gasteiger partial charge in [-0.1, -0.05) is 73.5 Å². The lowest BCUT2D eigenvalue weighted by Crippen LogP contribution is -1.95. The summed E-state index contributed by atoms with van der Waals surface area (Å²) in [6, 6.07) is 15.3. The molecule has 0 saturated carbocycles. The summed E-state index contributed by atoms with van der Waals surface area (Å²) in [5.74, 6) is 0.426. The third-order valence-electron chi connectivity index (χ3n) is 3.39. The summed E-state index contributed by atoms with van der Waals surface area (Å²) in [4.78, 5) is 22.2. The molecule has 0 N–H and O–H groups in total. The zero-order chi connectivity index (χ0) is 16.5. The van der Waals surface area contributed by atoms with Gasteiger partial charge in [-0.15, -0.1) is 0 Å². The molecule has 0 fully saturated rings. The van der Waals surface area contributed by atoms with E-state index in [2.05, 4.69) is 0 Å². The minimum atomic E-state index is 0.213. The van der Waals surface area contributed by atoms with Crippen LogP contribution in [0.1, 0.15) is 58.5 Å². The Bertz CT molecular complexity index is 550. The van der Waals surface area contributed by atoms with Crippen LogP contribution >= 0.6 is 0 Å². The molecule has 0 radical (unpaired) electrons. The van der Waals surface area contributed by atoms with E-state index in [1.54, 1.807) is 0 Å². The van der Waals surface area contributed by atoms with Crippen LogP contribution in [0.25, 0.3) is 0 Å². The predicted molar refractivity (Wildman–Crippen MR) is 91.6 cm³/mol. The van der Waals surface area contributed by atoms with Crippen LogP contribution in [-0.2, 0) is 0 Å². The number of hydrogen-bond donors (Lipinski definition) is 0. The van der Waals surface area contributed by atoms with Gasteiger partial charge in [0.2, 0.25) is 0 Å². The van der Waals surface area contributed by atoms with E-state index in [-0.39, 0.29) is 11.6 Å². The lowest BCUT2D eigenvalue weighted by Gasteiger charge is -1.96. The molecule has 0 unspecified atom stereocenters. The molecule has 2 heteroatoms. The molecular formula is C20H24O2. The Kier molecular flexibility index (Phi) is 7.24. The number of rotatable bonds is 4. The monoisotopic (exact) mass is 296 g/mol. The zero-order valence-electron chi connectivity index (χ0n) is 13.8. The first kappa shape index (κ1) is 17.8. The van der Waals surface area contributed by atoms with Crippen molar-refractivity contribution < 1.29 is 9.59 Å². The number of hydrogen-bond acceptors (Lipinski definition) is 2. The normalized spacial score (nSPS) is 9.64. The summed E-state index contributed by atoms with van der Waals surface area (Å²) < 4.78 is 0. The van der Waals surface area contributed by atoms with Gasteiger partial charge in [0.25, 0.3) is 0 Å². The van der Waals surface area contributed by atoms with Crippen LogP contribution in [-0.4, -0.2) is 11.6 Å². The maximum absolute atomic E-state index is 11.1. The van der Waals surface area contributed by atoms with Gasteiger partial charge < -0.3 is 0 Å². The minimum absolute atomic E-state index is 0.213. The summed E-state index contributed by atoms with van der Waals surface area (Å²) in [5, 5.41) is 0.